The van der Waals surface area contributed by atoms with E-state index in [1.807, 2.05) is 0 Å². The van der Waals surface area contributed by atoms with E-state index in [9.17, 15) is 4.79 Å². The molecule has 2 radical (unpaired) electrons. The molecule has 58 valence electrons. The molecular formula is C5H8CuMnO2. The van der Waals surface area contributed by atoms with Gasteiger partial charge in [0.1, 0.15) is 0 Å². The minimum absolute atomic E-state index is 0. The number of hydrogen-bond acceptors (Lipinski definition) is 2. The molecule has 2 nitrogen and oxygen atoms in total. The van der Waals surface area contributed by atoms with Crippen molar-refractivity contribution >= 4 is 5.78 Å². The zero-order valence-electron chi connectivity index (χ0n) is 5.11. The zero-order chi connectivity index (χ0) is 5.86. The third-order valence-corrected chi connectivity index (χ3v) is 0.412. The molecule has 0 amide bonds. The molecule has 0 aromatic carbocycles. The predicted octanol–water partition coefficient (Wildman–Crippen LogP) is 1.03. The topological polar surface area (TPSA) is 37.3 Å². The van der Waals surface area contributed by atoms with E-state index in [1.165, 1.54) is 19.9 Å². The van der Waals surface area contributed by atoms with E-state index >= 15 is 0 Å². The van der Waals surface area contributed by atoms with Crippen LogP contribution in [0, 0.1) is 0 Å². The van der Waals surface area contributed by atoms with Crippen LogP contribution >= 0.6 is 0 Å². The van der Waals surface area contributed by atoms with Gasteiger partial charge in [-0.1, -0.05) is 0 Å². The number of ketones is 1. The molecule has 0 saturated heterocycles. The number of carbonyl (C=O) groups is 1. The Morgan fingerprint density at radius 2 is 1.78 bits per heavy atom. The van der Waals surface area contributed by atoms with Crippen LogP contribution in [0.5, 0.6) is 0 Å². The van der Waals surface area contributed by atoms with E-state index in [4.69, 9.17) is 5.11 Å². The van der Waals surface area contributed by atoms with Gasteiger partial charge in [0.2, 0.25) is 0 Å². The van der Waals surface area contributed by atoms with Crippen molar-refractivity contribution in [2.24, 2.45) is 0 Å². The van der Waals surface area contributed by atoms with Crippen molar-refractivity contribution in [3.05, 3.63) is 11.8 Å². The number of hydrogen-bond donors (Lipinski definition) is 1. The minimum Gasteiger partial charge on any atom is -0.512 e. The first kappa shape index (κ1) is 16.1. The van der Waals surface area contributed by atoms with Crippen LogP contribution in [0.1, 0.15) is 13.8 Å². The van der Waals surface area contributed by atoms with Crippen molar-refractivity contribution in [1.29, 1.82) is 0 Å². The van der Waals surface area contributed by atoms with Crippen LogP contribution in [-0.4, -0.2) is 10.9 Å². The summed E-state index contributed by atoms with van der Waals surface area (Å²) in [5, 5.41) is 8.36. The molecule has 9 heavy (non-hydrogen) atoms. The summed E-state index contributed by atoms with van der Waals surface area (Å²) in [7, 11) is 0. The molecule has 0 fully saturated rings. The molecule has 0 saturated carbocycles. The molecule has 1 N–H and O–H groups in total. The van der Waals surface area contributed by atoms with Crippen LogP contribution in [0.3, 0.4) is 0 Å². The summed E-state index contributed by atoms with van der Waals surface area (Å²) in [6, 6.07) is 0. The predicted molar refractivity (Wildman–Crippen MR) is 27.1 cm³/mol. The van der Waals surface area contributed by atoms with Crippen LogP contribution < -0.4 is 0 Å². The number of aliphatic hydroxyl groups is 1. The molecule has 0 aliphatic rings. The normalized spacial score (nSPS) is 8.89. The van der Waals surface area contributed by atoms with Gasteiger partial charge in [-0.2, -0.15) is 0 Å². The summed E-state index contributed by atoms with van der Waals surface area (Å²) in [6.45, 7) is 2.85. The van der Waals surface area contributed by atoms with Gasteiger partial charge in [0, 0.05) is 40.2 Å². The van der Waals surface area contributed by atoms with Crippen molar-refractivity contribution in [1.82, 2.24) is 0 Å². The maximum atomic E-state index is 10.0. The number of allylic oxidation sites excluding steroid dienone is 2. The first-order chi connectivity index (χ1) is 3.13. The van der Waals surface area contributed by atoms with Gasteiger partial charge in [-0.05, 0) is 13.8 Å². The van der Waals surface area contributed by atoms with E-state index in [1.54, 1.807) is 0 Å². The molecule has 0 bridgehead atoms. The minimum atomic E-state index is -0.125. The van der Waals surface area contributed by atoms with Crippen molar-refractivity contribution in [3.63, 3.8) is 0 Å². The number of rotatable bonds is 1. The van der Waals surface area contributed by atoms with Crippen molar-refractivity contribution in [3.8, 4) is 0 Å². The second kappa shape index (κ2) is 8.25. The summed E-state index contributed by atoms with van der Waals surface area (Å²) in [5.41, 5.74) is 0. The Labute approximate surface area is 75.7 Å². The molecule has 0 atom stereocenters. The van der Waals surface area contributed by atoms with Crippen molar-refractivity contribution < 1.29 is 44.0 Å². The van der Waals surface area contributed by atoms with E-state index in [2.05, 4.69) is 0 Å². The Hall–Kier alpha value is 0.249. The van der Waals surface area contributed by atoms with E-state index in [-0.39, 0.29) is 45.7 Å². The molecule has 0 aliphatic carbocycles. The van der Waals surface area contributed by atoms with Gasteiger partial charge in [-0.25, -0.2) is 0 Å². The average molecular weight is 219 g/mol. The van der Waals surface area contributed by atoms with Crippen LogP contribution in [0.15, 0.2) is 11.8 Å². The average Bonchev–Trinajstić information content (AvgIpc) is 1.27. The molecule has 0 spiro atoms. The van der Waals surface area contributed by atoms with Crippen LogP contribution in [0.25, 0.3) is 0 Å². The van der Waals surface area contributed by atoms with Crippen LogP contribution in [0.2, 0.25) is 0 Å². The third-order valence-electron chi connectivity index (χ3n) is 0.412. The summed E-state index contributed by atoms with van der Waals surface area (Å²) in [5.74, 6) is -0.0625. The Kier molecular flexibility index (Phi) is 14.8. The molecular weight excluding hydrogens is 211 g/mol. The van der Waals surface area contributed by atoms with Crippen LogP contribution in [0.4, 0.5) is 0 Å². The van der Waals surface area contributed by atoms with E-state index in [0.717, 1.165) is 0 Å². The molecule has 0 aromatic rings. The Morgan fingerprint density at radius 1 is 1.44 bits per heavy atom. The smallest absolute Gasteiger partial charge is 0.155 e. The SMILES string of the molecule is CC(=O)/C=C(/C)O.[Cu].[Mn]. The first-order valence-corrected chi connectivity index (χ1v) is 2.01. The quantitative estimate of drug-likeness (QED) is 0.406. The van der Waals surface area contributed by atoms with E-state index in [0.29, 0.717) is 0 Å². The number of carbonyl (C=O) groups excluding carboxylic acids is 1. The fourth-order valence-electron chi connectivity index (χ4n) is 0.294. The van der Waals surface area contributed by atoms with Crippen LogP contribution in [-0.2, 0) is 38.9 Å². The van der Waals surface area contributed by atoms with Gasteiger partial charge in [-0.15, -0.1) is 0 Å². The monoisotopic (exact) mass is 218 g/mol. The van der Waals surface area contributed by atoms with Gasteiger partial charge in [-0.3, -0.25) is 4.79 Å². The molecule has 0 unspecified atom stereocenters. The fraction of sp³-hybridized carbons (Fsp3) is 0.400. The maximum Gasteiger partial charge on any atom is 0.155 e. The molecule has 0 aromatic heterocycles. The zero-order valence-corrected chi connectivity index (χ0v) is 7.23. The molecule has 0 heterocycles. The van der Waals surface area contributed by atoms with Crippen molar-refractivity contribution in [2.45, 2.75) is 13.8 Å². The maximum absolute atomic E-state index is 10.0. The van der Waals surface area contributed by atoms with Crippen molar-refractivity contribution in [2.75, 3.05) is 0 Å². The largest absolute Gasteiger partial charge is 0.512 e. The van der Waals surface area contributed by atoms with Gasteiger partial charge < -0.3 is 5.11 Å². The number of aliphatic hydroxyl groups excluding tert-OH is 1. The first-order valence-electron chi connectivity index (χ1n) is 2.01. The fourth-order valence-corrected chi connectivity index (χ4v) is 0.294. The third kappa shape index (κ3) is 17.8. The molecule has 4 heteroatoms. The molecule has 0 rings (SSSR count). The summed E-state index contributed by atoms with van der Waals surface area (Å²) in [4.78, 5) is 10.0. The second-order valence-electron chi connectivity index (χ2n) is 1.40. The Balaban J connectivity index is -0.000000180. The molecule has 0 aliphatic heterocycles. The summed E-state index contributed by atoms with van der Waals surface area (Å²) < 4.78 is 0. The summed E-state index contributed by atoms with van der Waals surface area (Å²) >= 11 is 0. The summed E-state index contributed by atoms with van der Waals surface area (Å²) in [6.07, 6.45) is 1.17. The Morgan fingerprint density at radius 3 is 1.78 bits per heavy atom. The van der Waals surface area contributed by atoms with E-state index < -0.39 is 0 Å². The Bertz CT molecular complexity index is 108. The van der Waals surface area contributed by atoms with Gasteiger partial charge in [0.25, 0.3) is 0 Å². The van der Waals surface area contributed by atoms with Gasteiger partial charge in [0.05, 0.1) is 5.76 Å². The second-order valence-corrected chi connectivity index (χ2v) is 1.40. The standard InChI is InChI=1S/C5H8O2.Cu.Mn/c1-4(6)3-5(2)7;;/h3,6H,1-2H3;;/b4-3-;;. The van der Waals surface area contributed by atoms with Gasteiger partial charge >= 0.3 is 0 Å². The van der Waals surface area contributed by atoms with Gasteiger partial charge in [0.15, 0.2) is 5.78 Å².